The minimum atomic E-state index is -0.250. The highest BCUT2D eigenvalue weighted by Gasteiger charge is 2.31. The van der Waals surface area contributed by atoms with E-state index in [9.17, 15) is 9.59 Å². The summed E-state index contributed by atoms with van der Waals surface area (Å²) in [5.74, 6) is 5.14. The van der Waals surface area contributed by atoms with E-state index in [2.05, 4.69) is 18.0 Å². The van der Waals surface area contributed by atoms with E-state index in [1.807, 2.05) is 18.2 Å². The molecule has 0 aromatic heterocycles. The van der Waals surface area contributed by atoms with Crippen molar-refractivity contribution in [3.05, 3.63) is 35.9 Å². The van der Waals surface area contributed by atoms with Gasteiger partial charge in [-0.2, -0.15) is 10.5 Å². The molecule has 0 saturated carbocycles. The molecule has 3 atom stereocenters. The maximum atomic E-state index is 10.9. The van der Waals surface area contributed by atoms with Crippen LogP contribution in [0.4, 0.5) is 0 Å². The molecule has 96 valence electrons. The van der Waals surface area contributed by atoms with Crippen LogP contribution in [0.3, 0.4) is 0 Å². The molecule has 18 heavy (non-hydrogen) atoms. The summed E-state index contributed by atoms with van der Waals surface area (Å²) in [4.78, 5) is 23.3. The van der Waals surface area contributed by atoms with Crippen molar-refractivity contribution in [1.29, 1.82) is 0 Å². The minimum absolute atomic E-state index is 0.0504. The third-order valence-corrected chi connectivity index (χ3v) is 5.29. The number of carbonyl (C=O) groups excluding carboxylic acids is 2. The smallest absolute Gasteiger partial charge is 0.210 e. The van der Waals surface area contributed by atoms with Gasteiger partial charge in [-0.1, -0.05) is 36.2 Å². The van der Waals surface area contributed by atoms with Gasteiger partial charge in [0.25, 0.3) is 0 Å². The van der Waals surface area contributed by atoms with E-state index in [4.69, 9.17) is 0 Å². The van der Waals surface area contributed by atoms with Crippen molar-refractivity contribution in [2.45, 2.75) is 23.5 Å². The Kier molecular flexibility index (Phi) is 4.31. The Morgan fingerprint density at radius 3 is 2.61 bits per heavy atom. The molecule has 1 fully saturated rings. The maximum Gasteiger partial charge on any atom is 0.210 e. The van der Waals surface area contributed by atoms with Gasteiger partial charge in [-0.25, -0.2) is 0 Å². The van der Waals surface area contributed by atoms with Crippen LogP contribution < -0.4 is 0 Å². The van der Waals surface area contributed by atoms with Crippen LogP contribution in [0, 0.1) is 0 Å². The first-order valence-electron chi connectivity index (χ1n) is 5.94. The Balaban J connectivity index is 1.99. The van der Waals surface area contributed by atoms with Gasteiger partial charge in [-0.05, 0) is 12.0 Å². The number of aldehydes is 1. The van der Waals surface area contributed by atoms with Crippen LogP contribution >= 0.6 is 10.5 Å². The lowest BCUT2D eigenvalue weighted by atomic mass is 10.2. The third kappa shape index (κ3) is 2.88. The molecule has 1 aliphatic heterocycles. The van der Waals surface area contributed by atoms with Crippen LogP contribution in [-0.4, -0.2) is 41.3 Å². The third-order valence-electron chi connectivity index (χ3n) is 3.30. The van der Waals surface area contributed by atoms with E-state index in [0.717, 1.165) is 24.9 Å². The first kappa shape index (κ1) is 13.0. The predicted molar refractivity (Wildman–Crippen MR) is 75.9 cm³/mol. The fourth-order valence-electron chi connectivity index (χ4n) is 2.25. The zero-order chi connectivity index (χ0) is 13.0. The molecule has 3 nitrogen and oxygen atoms in total. The Labute approximate surface area is 110 Å². The summed E-state index contributed by atoms with van der Waals surface area (Å²) < 4.78 is 0. The van der Waals surface area contributed by atoms with Crippen molar-refractivity contribution in [3.63, 3.8) is 0 Å². The fraction of sp³-hybridized carbons (Fsp3) is 0.357. The number of carbonyl (C=O) groups is 2. The largest absolute Gasteiger partial charge is 0.334 e. The first-order chi connectivity index (χ1) is 8.74. The number of likely N-dealkylation sites (tertiary alicyclic amines) is 1. The number of hydrogen-bond donors (Lipinski definition) is 0. The predicted octanol–water partition coefficient (Wildman–Crippen LogP) is 1.69. The van der Waals surface area contributed by atoms with Crippen molar-refractivity contribution in [2.75, 3.05) is 6.54 Å². The molecule has 1 aliphatic rings. The van der Waals surface area contributed by atoms with Gasteiger partial charge >= 0.3 is 0 Å². The second kappa shape index (κ2) is 5.96. The van der Waals surface area contributed by atoms with Gasteiger partial charge in [0.1, 0.15) is 6.29 Å². The van der Waals surface area contributed by atoms with Crippen LogP contribution in [0.1, 0.15) is 12.0 Å². The van der Waals surface area contributed by atoms with E-state index in [0.29, 0.717) is 11.8 Å². The van der Waals surface area contributed by atoms with Gasteiger partial charge in [0.2, 0.25) is 6.41 Å². The number of benzene rings is 1. The molecule has 1 aromatic carbocycles. The van der Waals surface area contributed by atoms with Crippen molar-refractivity contribution < 1.29 is 9.59 Å². The lowest BCUT2D eigenvalue weighted by Crippen LogP contribution is -2.29. The molecule has 2 rings (SSSR count). The van der Waals surface area contributed by atoms with Crippen LogP contribution in [-0.2, 0) is 15.3 Å². The Bertz CT molecular complexity index is 430. The van der Waals surface area contributed by atoms with E-state index >= 15 is 0 Å². The molecule has 1 saturated heterocycles. The van der Waals surface area contributed by atoms with Crippen molar-refractivity contribution >= 4 is 29.1 Å². The Morgan fingerprint density at radius 2 is 2.06 bits per heavy atom. The number of hydrogen-bond acceptors (Lipinski definition) is 2. The van der Waals surface area contributed by atoms with Crippen LogP contribution in [0.25, 0.3) is 0 Å². The average Bonchev–Trinajstić information content (AvgIpc) is 2.83. The van der Waals surface area contributed by atoms with Gasteiger partial charge < -0.3 is 9.69 Å². The summed E-state index contributed by atoms with van der Waals surface area (Å²) in [5.41, 5.74) is 1.27. The Hall–Kier alpha value is -1.42. The molecule has 0 spiro atoms. The highest BCUT2D eigenvalue weighted by atomic mass is 32.2. The SMILES string of the molecule is C=S(Cc1ccccc1)[C@@H]1C[C@@H](C=O)N(C=O)C1. The van der Waals surface area contributed by atoms with E-state index in [-0.39, 0.29) is 16.5 Å². The van der Waals surface area contributed by atoms with Crippen LogP contribution in [0.15, 0.2) is 30.3 Å². The van der Waals surface area contributed by atoms with Gasteiger partial charge in [0.15, 0.2) is 0 Å². The molecule has 0 radical (unpaired) electrons. The quantitative estimate of drug-likeness (QED) is 0.599. The van der Waals surface area contributed by atoms with Crippen molar-refractivity contribution in [2.24, 2.45) is 0 Å². The summed E-state index contributed by atoms with van der Waals surface area (Å²) in [7, 11) is -0.0504. The van der Waals surface area contributed by atoms with Gasteiger partial charge in [0.05, 0.1) is 6.04 Å². The summed E-state index contributed by atoms with van der Waals surface area (Å²) in [6.07, 6.45) is 2.40. The molecule has 4 heteroatoms. The minimum Gasteiger partial charge on any atom is -0.334 e. The molecule has 0 aliphatic carbocycles. The second-order valence-electron chi connectivity index (χ2n) is 4.53. The zero-order valence-corrected chi connectivity index (χ0v) is 11.0. The standard InChI is InChI=1S/C14H17NO2S/c1-18(10-12-5-3-2-4-6-12)14-7-13(9-16)15(8-14)11-17/h2-6,9,11,13-14H,1,7-8,10H2/t13-,14+,18?/m0/s1. The van der Waals surface area contributed by atoms with E-state index < -0.39 is 0 Å². The van der Waals surface area contributed by atoms with Crippen molar-refractivity contribution in [1.82, 2.24) is 4.90 Å². The summed E-state index contributed by atoms with van der Waals surface area (Å²) in [6, 6.07) is 9.97. The lowest BCUT2D eigenvalue weighted by molar-refractivity contribution is -0.123. The van der Waals surface area contributed by atoms with Gasteiger partial charge in [0, 0.05) is 17.5 Å². The first-order valence-corrected chi connectivity index (χ1v) is 7.57. The molecule has 1 heterocycles. The van der Waals surface area contributed by atoms with Crippen LogP contribution in [0.5, 0.6) is 0 Å². The molecule has 0 bridgehead atoms. The van der Waals surface area contributed by atoms with E-state index in [1.54, 1.807) is 4.90 Å². The molecule has 1 amide bonds. The monoisotopic (exact) mass is 263 g/mol. The highest BCUT2D eigenvalue weighted by molar-refractivity contribution is 8.14. The summed E-state index contributed by atoms with van der Waals surface area (Å²) >= 11 is 0. The molecule has 1 unspecified atom stereocenters. The lowest BCUT2D eigenvalue weighted by Gasteiger charge is -2.15. The average molecular weight is 263 g/mol. The summed E-state index contributed by atoms with van der Waals surface area (Å²) in [6.45, 7) is 0.659. The maximum absolute atomic E-state index is 10.9. The number of amides is 1. The fourth-order valence-corrected chi connectivity index (χ4v) is 3.96. The normalized spacial score (nSPS) is 24.8. The van der Waals surface area contributed by atoms with Crippen molar-refractivity contribution in [3.8, 4) is 0 Å². The summed E-state index contributed by atoms with van der Waals surface area (Å²) in [5, 5.41) is 0.339. The topological polar surface area (TPSA) is 37.4 Å². The second-order valence-corrected chi connectivity index (χ2v) is 6.56. The Morgan fingerprint density at radius 1 is 1.33 bits per heavy atom. The molecular weight excluding hydrogens is 246 g/mol. The number of nitrogens with zero attached hydrogens (tertiary/aromatic N) is 1. The van der Waals surface area contributed by atoms with E-state index in [1.165, 1.54) is 5.56 Å². The van der Waals surface area contributed by atoms with Gasteiger partial charge in [-0.15, -0.1) is 0 Å². The molecular formula is C14H17NO2S. The van der Waals surface area contributed by atoms with Gasteiger partial charge in [-0.3, -0.25) is 4.79 Å². The number of rotatable bonds is 5. The zero-order valence-electron chi connectivity index (χ0n) is 10.2. The molecule has 0 N–H and O–H groups in total. The molecule has 1 aromatic rings. The highest BCUT2D eigenvalue weighted by Crippen LogP contribution is 2.32. The van der Waals surface area contributed by atoms with Crippen LogP contribution in [0.2, 0.25) is 0 Å².